The number of ether oxygens (including phenoxy) is 1. The molecule has 0 aromatic heterocycles. The van der Waals surface area contributed by atoms with Gasteiger partial charge in [-0.2, -0.15) is 14.9 Å². The van der Waals surface area contributed by atoms with E-state index < -0.39 is 5.83 Å². The highest BCUT2D eigenvalue weighted by atomic mass is 19.1. The Labute approximate surface area is 173 Å². The van der Waals surface area contributed by atoms with Crippen molar-refractivity contribution in [3.8, 4) is 12.1 Å². The molecule has 0 atom stereocenters. The Morgan fingerprint density at radius 2 is 1.69 bits per heavy atom. The zero-order valence-electron chi connectivity index (χ0n) is 16.9. The van der Waals surface area contributed by atoms with E-state index in [0.29, 0.717) is 23.9 Å². The molecule has 0 spiro atoms. The van der Waals surface area contributed by atoms with E-state index in [-0.39, 0.29) is 0 Å². The lowest BCUT2D eigenvalue weighted by Crippen LogP contribution is -2.25. The van der Waals surface area contributed by atoms with Crippen molar-refractivity contribution in [1.82, 2.24) is 0 Å². The van der Waals surface area contributed by atoms with Crippen LogP contribution < -0.4 is 0 Å². The summed E-state index contributed by atoms with van der Waals surface area (Å²) >= 11 is 0. The van der Waals surface area contributed by atoms with Crippen LogP contribution in [0, 0.1) is 34.5 Å². The average Bonchev–Trinajstić information content (AvgIpc) is 2.79. The first-order chi connectivity index (χ1) is 14.2. The Morgan fingerprint density at radius 3 is 2.31 bits per heavy atom. The summed E-state index contributed by atoms with van der Waals surface area (Å²) in [5.74, 6) is 0.982. The van der Waals surface area contributed by atoms with Crippen molar-refractivity contribution in [2.45, 2.75) is 63.4 Å². The largest absolute Gasteiger partial charge is 0.378 e. The van der Waals surface area contributed by atoms with Crippen molar-refractivity contribution in [3.63, 3.8) is 0 Å². The molecule has 1 aromatic rings. The fourth-order valence-electron chi connectivity index (χ4n) is 4.55. The SMILES string of the molecule is N#CC(F)=CC=C[C@H]1CC[C@H](OC[C@H]2CC[C@H](c3ccc(C#N)cc3)CC2)CC1. The highest BCUT2D eigenvalue weighted by Crippen LogP contribution is 2.36. The number of halogens is 1. The number of benzene rings is 1. The van der Waals surface area contributed by atoms with Gasteiger partial charge in [0.15, 0.2) is 5.83 Å². The van der Waals surface area contributed by atoms with Gasteiger partial charge in [0.25, 0.3) is 0 Å². The third-order valence-corrected chi connectivity index (χ3v) is 6.38. The van der Waals surface area contributed by atoms with Crippen molar-refractivity contribution in [1.29, 1.82) is 10.5 Å². The Balaban J connectivity index is 1.34. The molecule has 0 amide bonds. The van der Waals surface area contributed by atoms with Crippen LogP contribution >= 0.6 is 0 Å². The van der Waals surface area contributed by atoms with Gasteiger partial charge in [0, 0.05) is 6.61 Å². The predicted molar refractivity (Wildman–Crippen MR) is 111 cm³/mol. The molecule has 29 heavy (non-hydrogen) atoms. The molecule has 1 aromatic carbocycles. The summed E-state index contributed by atoms with van der Waals surface area (Å²) in [6.45, 7) is 0.862. The lowest BCUT2D eigenvalue weighted by molar-refractivity contribution is -0.00456. The second kappa shape index (κ2) is 10.9. The Kier molecular flexibility index (Phi) is 8.03. The molecule has 3 rings (SSSR count). The smallest absolute Gasteiger partial charge is 0.199 e. The minimum atomic E-state index is -0.743. The van der Waals surface area contributed by atoms with E-state index in [0.717, 1.165) is 37.9 Å². The fourth-order valence-corrected chi connectivity index (χ4v) is 4.55. The van der Waals surface area contributed by atoms with Crippen molar-refractivity contribution in [3.05, 3.63) is 59.4 Å². The summed E-state index contributed by atoms with van der Waals surface area (Å²) in [5, 5.41) is 17.3. The van der Waals surface area contributed by atoms with Gasteiger partial charge in [-0.15, -0.1) is 0 Å². The fraction of sp³-hybridized carbons (Fsp3) is 0.520. The normalized spacial score (nSPS) is 28.0. The summed E-state index contributed by atoms with van der Waals surface area (Å²) in [5.41, 5.74) is 2.09. The van der Waals surface area contributed by atoms with Crippen molar-refractivity contribution >= 4 is 0 Å². The van der Waals surface area contributed by atoms with Crippen molar-refractivity contribution in [2.75, 3.05) is 6.61 Å². The number of allylic oxidation sites excluding steroid dienone is 4. The maximum absolute atomic E-state index is 12.8. The minimum Gasteiger partial charge on any atom is -0.378 e. The first-order valence-corrected chi connectivity index (χ1v) is 10.7. The Hall–Kier alpha value is -2.43. The van der Waals surface area contributed by atoms with Gasteiger partial charge in [0.05, 0.1) is 17.7 Å². The highest BCUT2D eigenvalue weighted by molar-refractivity contribution is 5.33. The van der Waals surface area contributed by atoms with E-state index in [1.165, 1.54) is 43.4 Å². The first-order valence-electron chi connectivity index (χ1n) is 10.7. The number of hydrogen-bond acceptors (Lipinski definition) is 3. The van der Waals surface area contributed by atoms with E-state index in [4.69, 9.17) is 15.3 Å². The summed E-state index contributed by atoms with van der Waals surface area (Å²) in [7, 11) is 0. The molecule has 0 aliphatic heterocycles. The zero-order chi connectivity index (χ0) is 20.5. The van der Waals surface area contributed by atoms with Gasteiger partial charge in [0.1, 0.15) is 6.07 Å². The van der Waals surface area contributed by atoms with Gasteiger partial charge < -0.3 is 4.74 Å². The summed E-state index contributed by atoms with van der Waals surface area (Å²) in [6, 6.07) is 11.7. The van der Waals surface area contributed by atoms with Gasteiger partial charge in [-0.1, -0.05) is 24.3 Å². The van der Waals surface area contributed by atoms with E-state index >= 15 is 0 Å². The molecule has 2 aliphatic carbocycles. The third-order valence-electron chi connectivity index (χ3n) is 6.38. The van der Waals surface area contributed by atoms with Gasteiger partial charge in [-0.3, -0.25) is 0 Å². The number of nitrogens with zero attached hydrogens (tertiary/aromatic N) is 2. The molecule has 152 valence electrons. The van der Waals surface area contributed by atoms with Crippen LogP contribution in [-0.4, -0.2) is 12.7 Å². The molecular formula is C25H29FN2O. The zero-order valence-corrected chi connectivity index (χ0v) is 16.9. The first kappa shape index (κ1) is 21.3. The van der Waals surface area contributed by atoms with Gasteiger partial charge in [0.2, 0.25) is 0 Å². The van der Waals surface area contributed by atoms with E-state index in [1.54, 1.807) is 6.08 Å². The van der Waals surface area contributed by atoms with E-state index in [2.05, 4.69) is 18.2 Å². The highest BCUT2D eigenvalue weighted by Gasteiger charge is 2.25. The van der Waals surface area contributed by atoms with Gasteiger partial charge in [-0.05, 0) is 92.9 Å². The summed E-state index contributed by atoms with van der Waals surface area (Å²) in [4.78, 5) is 0. The molecule has 0 radical (unpaired) electrons. The number of rotatable bonds is 6. The lowest BCUT2D eigenvalue weighted by atomic mass is 9.79. The Morgan fingerprint density at radius 1 is 1.00 bits per heavy atom. The molecule has 2 fully saturated rings. The van der Waals surface area contributed by atoms with Crippen LogP contribution in [0.3, 0.4) is 0 Å². The molecule has 0 unspecified atom stereocenters. The Bertz CT molecular complexity index is 784. The molecule has 0 N–H and O–H groups in total. The molecular weight excluding hydrogens is 363 g/mol. The van der Waals surface area contributed by atoms with Crippen LogP contribution in [0.25, 0.3) is 0 Å². The van der Waals surface area contributed by atoms with Crippen LogP contribution in [0.15, 0.2) is 48.3 Å². The molecule has 0 heterocycles. The molecule has 2 aliphatic rings. The standard InChI is InChI=1S/C25H29FN2O/c26-24(17-28)3-1-2-19-8-14-25(15-9-19)29-18-21-6-12-23(13-7-21)22-10-4-20(16-27)5-11-22/h1-5,10-11,19,21,23,25H,6-9,12-15,18H2/t19-,21-,23-,25-. The molecule has 4 heteroatoms. The molecule has 2 saturated carbocycles. The van der Waals surface area contributed by atoms with Gasteiger partial charge in [-0.25, -0.2) is 0 Å². The maximum Gasteiger partial charge on any atom is 0.199 e. The maximum atomic E-state index is 12.8. The topological polar surface area (TPSA) is 56.8 Å². The predicted octanol–water partition coefficient (Wildman–Crippen LogP) is 6.34. The van der Waals surface area contributed by atoms with Crippen LogP contribution in [0.5, 0.6) is 0 Å². The van der Waals surface area contributed by atoms with Crippen LogP contribution in [0.1, 0.15) is 68.4 Å². The average molecular weight is 393 g/mol. The van der Waals surface area contributed by atoms with E-state index in [1.807, 2.05) is 18.2 Å². The summed E-state index contributed by atoms with van der Waals surface area (Å²) < 4.78 is 19.0. The van der Waals surface area contributed by atoms with E-state index in [9.17, 15) is 4.39 Å². The summed E-state index contributed by atoms with van der Waals surface area (Å²) in [6.07, 6.45) is 14.3. The quantitative estimate of drug-likeness (QED) is 0.419. The van der Waals surface area contributed by atoms with Crippen molar-refractivity contribution in [2.24, 2.45) is 11.8 Å². The molecule has 3 nitrogen and oxygen atoms in total. The second-order valence-electron chi connectivity index (χ2n) is 8.33. The monoisotopic (exact) mass is 392 g/mol. The third kappa shape index (κ3) is 6.55. The minimum absolute atomic E-state index is 0.349. The van der Waals surface area contributed by atoms with Crippen LogP contribution in [-0.2, 0) is 4.74 Å². The van der Waals surface area contributed by atoms with Crippen LogP contribution in [0.2, 0.25) is 0 Å². The number of hydrogen-bond donors (Lipinski definition) is 0. The second-order valence-corrected chi connectivity index (χ2v) is 8.33. The van der Waals surface area contributed by atoms with Crippen LogP contribution in [0.4, 0.5) is 4.39 Å². The molecule has 0 bridgehead atoms. The lowest BCUT2D eigenvalue weighted by Gasteiger charge is -2.32. The molecule has 0 saturated heterocycles. The van der Waals surface area contributed by atoms with Crippen molar-refractivity contribution < 1.29 is 9.13 Å². The number of nitriles is 2. The van der Waals surface area contributed by atoms with Gasteiger partial charge >= 0.3 is 0 Å².